The first-order valence-corrected chi connectivity index (χ1v) is 7.46. The number of hydrogen-bond acceptors (Lipinski definition) is 4. The summed E-state index contributed by atoms with van der Waals surface area (Å²) in [4.78, 5) is 3.77. The number of hydrogen-bond donors (Lipinski definition) is 1. The average Bonchev–Trinajstić information content (AvgIpc) is 2.82. The van der Waals surface area contributed by atoms with Crippen molar-refractivity contribution in [3.8, 4) is 0 Å². The number of anilines is 2. The number of nitrogens with zero attached hydrogens (tertiary/aromatic N) is 3. The molecule has 0 saturated heterocycles. The number of nitrogen functional groups attached to an aromatic ring is 1. The van der Waals surface area contributed by atoms with E-state index < -0.39 is 0 Å². The van der Waals surface area contributed by atoms with E-state index in [0.29, 0.717) is 0 Å². The van der Waals surface area contributed by atoms with Gasteiger partial charge >= 0.3 is 0 Å². The second kappa shape index (κ2) is 5.17. The molecule has 0 bridgehead atoms. The van der Waals surface area contributed by atoms with E-state index in [9.17, 15) is 0 Å². The predicted octanol–water partition coefficient (Wildman–Crippen LogP) is 2.16. The van der Waals surface area contributed by atoms with Gasteiger partial charge in [-0.15, -0.1) is 11.8 Å². The Labute approximate surface area is 117 Å². The lowest BCUT2D eigenvalue weighted by molar-refractivity contribution is 0.764. The molecule has 1 aromatic carbocycles. The molecule has 2 aromatic rings. The van der Waals surface area contributed by atoms with Gasteiger partial charge in [0.2, 0.25) is 0 Å². The Morgan fingerprint density at radius 1 is 1.42 bits per heavy atom. The normalized spacial score (nSPS) is 14.5. The molecule has 5 heteroatoms. The Morgan fingerprint density at radius 3 is 3.11 bits per heavy atom. The number of thioether (sulfide) groups is 1. The lowest BCUT2D eigenvalue weighted by atomic mass is 10.2. The molecule has 4 nitrogen and oxygen atoms in total. The van der Waals surface area contributed by atoms with Crippen molar-refractivity contribution in [2.75, 3.05) is 29.5 Å². The Kier molecular flexibility index (Phi) is 3.38. The third kappa shape index (κ3) is 2.71. The van der Waals surface area contributed by atoms with Gasteiger partial charge in [-0.3, -0.25) is 4.68 Å². The maximum Gasteiger partial charge on any atom is 0.0525 e. The van der Waals surface area contributed by atoms with Gasteiger partial charge < -0.3 is 10.6 Å². The molecule has 0 aliphatic carbocycles. The third-order valence-electron chi connectivity index (χ3n) is 3.37. The highest BCUT2D eigenvalue weighted by Gasteiger charge is 2.17. The van der Waals surface area contributed by atoms with Gasteiger partial charge in [0.15, 0.2) is 0 Å². The van der Waals surface area contributed by atoms with Crippen LogP contribution in [0.25, 0.3) is 0 Å². The lowest BCUT2D eigenvalue weighted by Crippen LogP contribution is -2.31. The maximum absolute atomic E-state index is 5.91. The van der Waals surface area contributed by atoms with Crippen molar-refractivity contribution in [2.24, 2.45) is 7.05 Å². The van der Waals surface area contributed by atoms with Crippen LogP contribution >= 0.6 is 11.8 Å². The third-order valence-corrected chi connectivity index (χ3v) is 4.41. The van der Waals surface area contributed by atoms with Crippen LogP contribution in [0.2, 0.25) is 0 Å². The maximum atomic E-state index is 5.91. The minimum Gasteiger partial charge on any atom is -0.399 e. The van der Waals surface area contributed by atoms with Gasteiger partial charge in [-0.05, 0) is 30.2 Å². The molecular weight excluding hydrogens is 256 g/mol. The number of aryl methyl sites for hydroxylation is 1. The van der Waals surface area contributed by atoms with Crippen LogP contribution in [-0.2, 0) is 13.5 Å². The monoisotopic (exact) mass is 274 g/mol. The van der Waals surface area contributed by atoms with Crippen molar-refractivity contribution >= 4 is 23.1 Å². The molecule has 3 rings (SSSR count). The predicted molar refractivity (Wildman–Crippen MR) is 80.7 cm³/mol. The van der Waals surface area contributed by atoms with Crippen molar-refractivity contribution in [2.45, 2.75) is 11.3 Å². The van der Waals surface area contributed by atoms with Crippen LogP contribution in [0.15, 0.2) is 35.5 Å². The first-order chi connectivity index (χ1) is 9.22. The quantitative estimate of drug-likeness (QED) is 0.871. The van der Waals surface area contributed by atoms with Gasteiger partial charge in [0.1, 0.15) is 0 Å². The molecule has 0 atom stereocenters. The first kappa shape index (κ1) is 12.4. The number of benzene rings is 1. The van der Waals surface area contributed by atoms with Crippen molar-refractivity contribution in [3.63, 3.8) is 0 Å². The molecule has 0 spiro atoms. The van der Waals surface area contributed by atoms with E-state index in [0.717, 1.165) is 31.0 Å². The first-order valence-electron chi connectivity index (χ1n) is 6.47. The summed E-state index contributed by atoms with van der Waals surface area (Å²) >= 11 is 1.91. The fourth-order valence-corrected chi connectivity index (χ4v) is 3.42. The fourth-order valence-electron chi connectivity index (χ4n) is 2.39. The number of nitrogens with two attached hydrogens (primary N) is 1. The van der Waals surface area contributed by atoms with Crippen molar-refractivity contribution in [1.29, 1.82) is 0 Å². The summed E-state index contributed by atoms with van der Waals surface area (Å²) in [5.74, 6) is 1.14. The van der Waals surface area contributed by atoms with Crippen LogP contribution in [0.5, 0.6) is 0 Å². The minimum absolute atomic E-state index is 0.840. The second-order valence-electron chi connectivity index (χ2n) is 4.83. The molecule has 2 N–H and O–H groups in total. The highest BCUT2D eigenvalue weighted by atomic mass is 32.2. The van der Waals surface area contributed by atoms with E-state index >= 15 is 0 Å². The second-order valence-corrected chi connectivity index (χ2v) is 5.97. The molecule has 2 heterocycles. The van der Waals surface area contributed by atoms with Gasteiger partial charge in [-0.1, -0.05) is 0 Å². The summed E-state index contributed by atoms with van der Waals surface area (Å²) in [7, 11) is 1.96. The van der Waals surface area contributed by atoms with Crippen LogP contribution in [-0.4, -0.2) is 28.6 Å². The Morgan fingerprint density at radius 2 is 2.32 bits per heavy atom. The Balaban J connectivity index is 1.74. The molecule has 100 valence electrons. The summed E-state index contributed by atoms with van der Waals surface area (Å²) in [6.07, 6.45) is 5.05. The molecule has 1 aromatic heterocycles. The van der Waals surface area contributed by atoms with Gasteiger partial charge in [-0.25, -0.2) is 0 Å². The summed E-state index contributed by atoms with van der Waals surface area (Å²) in [6.45, 7) is 2.10. The smallest absolute Gasteiger partial charge is 0.0525 e. The topological polar surface area (TPSA) is 47.1 Å². The summed E-state index contributed by atoms with van der Waals surface area (Å²) in [6, 6.07) is 6.20. The molecule has 0 fully saturated rings. The van der Waals surface area contributed by atoms with Crippen LogP contribution in [0.4, 0.5) is 11.4 Å². The van der Waals surface area contributed by atoms with E-state index in [2.05, 4.69) is 28.3 Å². The fraction of sp³-hybridized carbons (Fsp3) is 0.357. The standard InChI is InChI=1S/C14H18N4S/c1-17-10-11(9-16-17)4-5-18-6-7-19-14-3-2-12(15)8-13(14)18/h2-3,8-10H,4-7,15H2,1H3. The summed E-state index contributed by atoms with van der Waals surface area (Å²) < 4.78 is 1.85. The van der Waals surface area contributed by atoms with Crippen LogP contribution in [0, 0.1) is 0 Å². The van der Waals surface area contributed by atoms with Crippen molar-refractivity contribution in [3.05, 3.63) is 36.2 Å². The van der Waals surface area contributed by atoms with E-state index in [1.54, 1.807) is 0 Å². The highest BCUT2D eigenvalue weighted by Crippen LogP contribution is 2.35. The van der Waals surface area contributed by atoms with Crippen LogP contribution in [0.3, 0.4) is 0 Å². The van der Waals surface area contributed by atoms with E-state index in [4.69, 9.17) is 5.73 Å². The average molecular weight is 274 g/mol. The lowest BCUT2D eigenvalue weighted by Gasteiger charge is -2.31. The zero-order chi connectivity index (χ0) is 13.2. The molecular formula is C14H18N4S. The van der Waals surface area contributed by atoms with Crippen molar-refractivity contribution in [1.82, 2.24) is 9.78 Å². The van der Waals surface area contributed by atoms with Gasteiger partial charge in [0.05, 0.1) is 11.9 Å². The molecule has 0 unspecified atom stereocenters. The van der Waals surface area contributed by atoms with E-state index in [-0.39, 0.29) is 0 Å². The number of rotatable bonds is 3. The van der Waals surface area contributed by atoms with Gasteiger partial charge in [-0.2, -0.15) is 5.10 Å². The van der Waals surface area contributed by atoms with E-state index in [1.807, 2.05) is 35.8 Å². The zero-order valence-electron chi connectivity index (χ0n) is 11.0. The number of fused-ring (bicyclic) bond motifs is 1. The summed E-state index contributed by atoms with van der Waals surface area (Å²) in [5.41, 5.74) is 9.31. The van der Waals surface area contributed by atoms with E-state index in [1.165, 1.54) is 16.1 Å². The Bertz CT molecular complexity index is 579. The zero-order valence-corrected chi connectivity index (χ0v) is 11.9. The molecule has 1 aliphatic rings. The van der Waals surface area contributed by atoms with Crippen LogP contribution < -0.4 is 10.6 Å². The summed E-state index contributed by atoms with van der Waals surface area (Å²) in [5, 5.41) is 4.21. The largest absolute Gasteiger partial charge is 0.399 e. The Hall–Kier alpha value is -1.62. The molecule has 1 aliphatic heterocycles. The molecule has 19 heavy (non-hydrogen) atoms. The van der Waals surface area contributed by atoms with Gasteiger partial charge in [0, 0.05) is 42.7 Å². The molecule has 0 radical (unpaired) electrons. The highest BCUT2D eigenvalue weighted by molar-refractivity contribution is 7.99. The molecule has 0 saturated carbocycles. The van der Waals surface area contributed by atoms with Crippen molar-refractivity contribution < 1.29 is 0 Å². The van der Waals surface area contributed by atoms with Crippen LogP contribution in [0.1, 0.15) is 5.56 Å². The number of aromatic nitrogens is 2. The van der Waals surface area contributed by atoms with Gasteiger partial charge in [0.25, 0.3) is 0 Å². The SMILES string of the molecule is Cn1cc(CCN2CCSc3ccc(N)cc32)cn1. The molecule has 0 amide bonds. The minimum atomic E-state index is 0.840.